The molecule has 0 aromatic carbocycles. The molecular formula is C7H12INO2. The van der Waals surface area contributed by atoms with E-state index in [0.717, 1.165) is 19.4 Å². The highest BCUT2D eigenvalue weighted by atomic mass is 127. The highest BCUT2D eigenvalue weighted by Gasteiger charge is 2.25. The molecule has 0 saturated carbocycles. The summed E-state index contributed by atoms with van der Waals surface area (Å²) in [6.45, 7) is 0.874. The number of rotatable bonds is 1. The molecule has 0 spiro atoms. The van der Waals surface area contributed by atoms with Gasteiger partial charge in [-0.15, -0.1) is 0 Å². The lowest BCUT2D eigenvalue weighted by molar-refractivity contribution is -0.122. The van der Waals surface area contributed by atoms with Crippen molar-refractivity contribution in [3.05, 3.63) is 0 Å². The maximum Gasteiger partial charge on any atom is 0.153 e. The fraction of sp³-hybridized carbons (Fsp3) is 0.857. The fourth-order valence-corrected chi connectivity index (χ4v) is 2.06. The van der Waals surface area contributed by atoms with Crippen molar-refractivity contribution in [2.24, 2.45) is 0 Å². The standard InChI is InChI=1S/C7H12INO2/c8-9-4-2-1-3-7(11)6(9)5-10/h6,10H,1-5H2. The zero-order chi connectivity index (χ0) is 8.27. The van der Waals surface area contributed by atoms with Crippen molar-refractivity contribution in [3.63, 3.8) is 0 Å². The van der Waals surface area contributed by atoms with E-state index in [1.54, 1.807) is 0 Å². The second kappa shape index (κ2) is 4.37. The van der Waals surface area contributed by atoms with Crippen LogP contribution < -0.4 is 0 Å². The molecule has 4 heteroatoms. The second-order valence-corrected chi connectivity index (χ2v) is 3.98. The molecule has 0 bridgehead atoms. The molecule has 0 aliphatic carbocycles. The van der Waals surface area contributed by atoms with Gasteiger partial charge in [0, 0.05) is 35.8 Å². The van der Waals surface area contributed by atoms with Crippen LogP contribution in [0.4, 0.5) is 0 Å². The average Bonchev–Trinajstić information content (AvgIpc) is 2.12. The van der Waals surface area contributed by atoms with Crippen molar-refractivity contribution in [2.75, 3.05) is 13.2 Å². The fourth-order valence-electron chi connectivity index (χ4n) is 1.23. The Morgan fingerprint density at radius 1 is 1.64 bits per heavy atom. The molecule has 0 radical (unpaired) electrons. The molecule has 1 aliphatic heterocycles. The van der Waals surface area contributed by atoms with Crippen molar-refractivity contribution < 1.29 is 9.90 Å². The highest BCUT2D eigenvalue weighted by Crippen LogP contribution is 2.16. The van der Waals surface area contributed by atoms with E-state index in [2.05, 4.69) is 22.9 Å². The van der Waals surface area contributed by atoms with Crippen LogP contribution in [0, 0.1) is 0 Å². The molecule has 64 valence electrons. The first-order chi connectivity index (χ1) is 5.25. The summed E-state index contributed by atoms with van der Waals surface area (Å²) >= 11 is 2.11. The van der Waals surface area contributed by atoms with Gasteiger partial charge in [0.15, 0.2) is 5.78 Å². The number of nitrogens with zero attached hydrogens (tertiary/aromatic N) is 1. The Morgan fingerprint density at radius 2 is 2.36 bits per heavy atom. The average molecular weight is 269 g/mol. The number of Topliss-reactive ketones (excluding diaryl/α,β-unsaturated/α-hetero) is 1. The molecule has 1 aliphatic rings. The van der Waals surface area contributed by atoms with E-state index in [1.807, 2.05) is 3.11 Å². The third kappa shape index (κ3) is 2.38. The maximum absolute atomic E-state index is 11.2. The maximum atomic E-state index is 11.2. The topological polar surface area (TPSA) is 40.5 Å². The number of ketones is 1. The van der Waals surface area contributed by atoms with Gasteiger partial charge in [-0.25, -0.2) is 3.11 Å². The summed E-state index contributed by atoms with van der Waals surface area (Å²) in [5, 5.41) is 8.89. The Labute approximate surface area is 80.3 Å². The molecule has 1 atom stereocenters. The smallest absolute Gasteiger partial charge is 0.153 e. The normalized spacial score (nSPS) is 28.5. The van der Waals surface area contributed by atoms with Gasteiger partial charge >= 0.3 is 0 Å². The number of carbonyl (C=O) groups is 1. The molecule has 1 heterocycles. The Balaban J connectivity index is 2.58. The van der Waals surface area contributed by atoms with Crippen molar-refractivity contribution >= 4 is 28.6 Å². The van der Waals surface area contributed by atoms with Crippen LogP contribution in [0.1, 0.15) is 19.3 Å². The van der Waals surface area contributed by atoms with E-state index in [9.17, 15) is 4.79 Å². The van der Waals surface area contributed by atoms with Gasteiger partial charge in [-0.05, 0) is 12.8 Å². The van der Waals surface area contributed by atoms with Gasteiger partial charge in [-0.1, -0.05) is 0 Å². The molecule has 11 heavy (non-hydrogen) atoms. The van der Waals surface area contributed by atoms with Gasteiger partial charge in [0.1, 0.15) is 6.04 Å². The first-order valence-electron chi connectivity index (χ1n) is 3.81. The Kier molecular flexibility index (Phi) is 3.74. The molecule has 0 amide bonds. The Hall–Kier alpha value is 0.320. The van der Waals surface area contributed by atoms with Crippen LogP contribution in [-0.4, -0.2) is 33.2 Å². The predicted octanol–water partition coefficient (Wildman–Crippen LogP) is 0.752. The molecule has 1 rings (SSSR count). The third-order valence-corrected chi connectivity index (χ3v) is 3.08. The van der Waals surface area contributed by atoms with Gasteiger partial charge in [0.25, 0.3) is 0 Å². The first-order valence-corrected chi connectivity index (χ1v) is 4.78. The molecule has 0 aromatic heterocycles. The van der Waals surface area contributed by atoms with Crippen LogP contribution >= 0.6 is 22.9 Å². The monoisotopic (exact) mass is 269 g/mol. The third-order valence-electron chi connectivity index (χ3n) is 1.93. The minimum atomic E-state index is -0.252. The lowest BCUT2D eigenvalue weighted by Crippen LogP contribution is -2.36. The van der Waals surface area contributed by atoms with Crippen LogP contribution in [0.15, 0.2) is 0 Å². The van der Waals surface area contributed by atoms with Crippen LogP contribution in [0.5, 0.6) is 0 Å². The van der Waals surface area contributed by atoms with Gasteiger partial charge in [0.05, 0.1) is 6.61 Å². The minimum Gasteiger partial charge on any atom is -0.394 e. The number of hydrogen-bond donors (Lipinski definition) is 1. The van der Waals surface area contributed by atoms with Crippen molar-refractivity contribution in [2.45, 2.75) is 25.3 Å². The summed E-state index contributed by atoms with van der Waals surface area (Å²) in [6.07, 6.45) is 2.66. The van der Waals surface area contributed by atoms with Gasteiger partial charge < -0.3 is 5.11 Å². The van der Waals surface area contributed by atoms with Gasteiger partial charge in [-0.2, -0.15) is 0 Å². The van der Waals surface area contributed by atoms with Crippen LogP contribution in [0.3, 0.4) is 0 Å². The van der Waals surface area contributed by atoms with Gasteiger partial charge in [-0.3, -0.25) is 4.79 Å². The van der Waals surface area contributed by atoms with Gasteiger partial charge in [0.2, 0.25) is 0 Å². The number of aliphatic hydroxyl groups excluding tert-OH is 1. The lowest BCUT2D eigenvalue weighted by atomic mass is 10.1. The molecule has 3 nitrogen and oxygen atoms in total. The Bertz CT molecular complexity index is 151. The molecular weight excluding hydrogens is 257 g/mol. The van der Waals surface area contributed by atoms with Crippen LogP contribution in [0.25, 0.3) is 0 Å². The largest absolute Gasteiger partial charge is 0.394 e. The zero-order valence-electron chi connectivity index (χ0n) is 6.29. The summed E-state index contributed by atoms with van der Waals surface area (Å²) in [7, 11) is 0. The van der Waals surface area contributed by atoms with E-state index >= 15 is 0 Å². The molecule has 1 N–H and O–H groups in total. The summed E-state index contributed by atoms with van der Waals surface area (Å²) < 4.78 is 1.91. The summed E-state index contributed by atoms with van der Waals surface area (Å²) in [4.78, 5) is 11.2. The summed E-state index contributed by atoms with van der Waals surface area (Å²) in [5.41, 5.74) is 0. The zero-order valence-corrected chi connectivity index (χ0v) is 8.45. The van der Waals surface area contributed by atoms with Crippen LogP contribution in [0.2, 0.25) is 0 Å². The van der Waals surface area contributed by atoms with E-state index < -0.39 is 0 Å². The second-order valence-electron chi connectivity index (χ2n) is 2.75. The molecule has 1 fully saturated rings. The number of halogens is 1. The number of hydrogen-bond acceptors (Lipinski definition) is 3. The number of aliphatic hydroxyl groups is 1. The highest BCUT2D eigenvalue weighted by molar-refractivity contribution is 14.1. The van der Waals surface area contributed by atoms with Crippen molar-refractivity contribution in [3.8, 4) is 0 Å². The summed E-state index contributed by atoms with van der Waals surface area (Å²) in [5.74, 6) is 0.180. The molecule has 0 aromatic rings. The molecule has 1 saturated heterocycles. The van der Waals surface area contributed by atoms with Crippen LogP contribution in [-0.2, 0) is 4.79 Å². The minimum absolute atomic E-state index is 0.0399. The van der Waals surface area contributed by atoms with Crippen molar-refractivity contribution in [1.29, 1.82) is 0 Å². The molecule has 1 unspecified atom stereocenters. The summed E-state index contributed by atoms with van der Waals surface area (Å²) in [6, 6.07) is -0.252. The van der Waals surface area contributed by atoms with E-state index in [0.29, 0.717) is 6.42 Å². The lowest BCUT2D eigenvalue weighted by Gasteiger charge is -2.19. The van der Waals surface area contributed by atoms with E-state index in [-0.39, 0.29) is 18.4 Å². The van der Waals surface area contributed by atoms with E-state index in [1.165, 1.54) is 0 Å². The van der Waals surface area contributed by atoms with Crippen molar-refractivity contribution in [1.82, 2.24) is 3.11 Å². The quantitative estimate of drug-likeness (QED) is 0.564. The SMILES string of the molecule is O=C1CCCCN(I)C1CO. The predicted molar refractivity (Wildman–Crippen MR) is 50.5 cm³/mol. The number of carbonyl (C=O) groups excluding carboxylic acids is 1. The Morgan fingerprint density at radius 3 is 3.00 bits per heavy atom. The van der Waals surface area contributed by atoms with E-state index in [4.69, 9.17) is 5.11 Å². The first kappa shape index (κ1) is 9.41.